The molecule has 3 rings (SSSR count). The van der Waals surface area contributed by atoms with Crippen LogP contribution < -0.4 is 10.2 Å². The first kappa shape index (κ1) is 20.0. The fourth-order valence-electron chi connectivity index (χ4n) is 4.17. The van der Waals surface area contributed by atoms with Crippen LogP contribution in [-0.2, 0) is 6.42 Å². The number of hydrogen-bond acceptors (Lipinski definition) is 4. The van der Waals surface area contributed by atoms with Gasteiger partial charge in [0, 0.05) is 45.0 Å². The Balaban J connectivity index is 1.40. The number of likely N-dealkylation sites (tertiary alicyclic amines) is 1. The molecule has 1 aromatic carbocycles. The Morgan fingerprint density at radius 3 is 2.48 bits per heavy atom. The van der Waals surface area contributed by atoms with E-state index in [1.165, 1.54) is 11.3 Å². The number of aliphatic hydroxyl groups is 1. The number of rotatable bonds is 6. The summed E-state index contributed by atoms with van der Waals surface area (Å²) < 4.78 is 0. The Morgan fingerprint density at radius 1 is 1.11 bits per heavy atom. The van der Waals surface area contributed by atoms with Crippen molar-refractivity contribution in [1.29, 1.82) is 0 Å². The summed E-state index contributed by atoms with van der Waals surface area (Å²) in [5.74, 6) is 0.557. The third kappa shape index (κ3) is 5.36. The number of hydrogen-bond donors (Lipinski definition) is 2. The lowest BCUT2D eigenvalue weighted by molar-refractivity contribution is 0.145. The van der Waals surface area contributed by atoms with Crippen LogP contribution in [0.15, 0.2) is 24.3 Å². The van der Waals surface area contributed by atoms with E-state index < -0.39 is 0 Å². The van der Waals surface area contributed by atoms with Crippen molar-refractivity contribution in [3.05, 3.63) is 29.8 Å². The van der Waals surface area contributed by atoms with Gasteiger partial charge < -0.3 is 25.1 Å². The topological polar surface area (TPSA) is 59.0 Å². The molecule has 2 N–H and O–H groups in total. The number of aliphatic hydroxyl groups excluding tert-OH is 1. The van der Waals surface area contributed by atoms with Crippen molar-refractivity contribution in [1.82, 2.24) is 15.1 Å². The smallest absolute Gasteiger partial charge is 0.317 e. The predicted molar refractivity (Wildman–Crippen MR) is 109 cm³/mol. The Bertz CT molecular complexity index is 594. The van der Waals surface area contributed by atoms with Crippen molar-refractivity contribution in [3.63, 3.8) is 0 Å². The lowest BCUT2D eigenvalue weighted by atomic mass is 9.97. The zero-order chi connectivity index (χ0) is 19.1. The number of benzene rings is 1. The van der Waals surface area contributed by atoms with Gasteiger partial charge in [0.1, 0.15) is 0 Å². The van der Waals surface area contributed by atoms with E-state index in [0.29, 0.717) is 5.92 Å². The molecule has 0 radical (unpaired) electrons. The molecule has 0 spiro atoms. The lowest BCUT2D eigenvalue weighted by Crippen LogP contribution is -2.52. The quantitative estimate of drug-likeness (QED) is 0.797. The van der Waals surface area contributed by atoms with Gasteiger partial charge in [-0.25, -0.2) is 4.79 Å². The molecule has 6 heteroatoms. The number of carbonyl (C=O) groups is 1. The van der Waals surface area contributed by atoms with Crippen molar-refractivity contribution in [2.75, 3.05) is 63.9 Å². The molecule has 150 valence electrons. The lowest BCUT2D eigenvalue weighted by Gasteiger charge is -2.37. The van der Waals surface area contributed by atoms with Crippen LogP contribution in [0.3, 0.4) is 0 Å². The van der Waals surface area contributed by atoms with Gasteiger partial charge in [-0.2, -0.15) is 0 Å². The minimum atomic E-state index is 0.0798. The molecule has 2 saturated heterocycles. The average molecular weight is 375 g/mol. The highest BCUT2D eigenvalue weighted by Crippen LogP contribution is 2.22. The molecule has 2 heterocycles. The van der Waals surface area contributed by atoms with Crippen LogP contribution in [0.4, 0.5) is 10.5 Å². The first-order valence-corrected chi connectivity index (χ1v) is 10.4. The van der Waals surface area contributed by atoms with Crippen molar-refractivity contribution in [2.45, 2.75) is 26.2 Å². The Labute approximate surface area is 163 Å². The van der Waals surface area contributed by atoms with Crippen molar-refractivity contribution >= 4 is 11.7 Å². The van der Waals surface area contributed by atoms with Gasteiger partial charge in [0.25, 0.3) is 0 Å². The maximum absolute atomic E-state index is 12.5. The zero-order valence-electron chi connectivity index (χ0n) is 16.6. The Morgan fingerprint density at radius 2 is 1.81 bits per heavy atom. The summed E-state index contributed by atoms with van der Waals surface area (Å²) in [6, 6.07) is 8.66. The molecule has 1 aromatic rings. The van der Waals surface area contributed by atoms with Crippen LogP contribution in [0.5, 0.6) is 0 Å². The standard InChI is InChI=1S/C21H34N4O2/c1-2-19-5-3-4-6-20(19)24-11-13-25(14-12-24)21(27)22-17-18-7-9-23(10-8-18)15-16-26/h3-6,18,26H,2,7-17H2,1H3,(H,22,27). The fraction of sp³-hybridized carbons (Fsp3) is 0.667. The molecule has 27 heavy (non-hydrogen) atoms. The van der Waals surface area contributed by atoms with E-state index >= 15 is 0 Å². The van der Waals surface area contributed by atoms with Gasteiger partial charge in [-0.1, -0.05) is 25.1 Å². The molecule has 2 amide bonds. The predicted octanol–water partition coefficient (Wildman–Crippen LogP) is 1.78. The normalized spacial score (nSPS) is 19.3. The van der Waals surface area contributed by atoms with Crippen molar-refractivity contribution in [2.24, 2.45) is 5.92 Å². The van der Waals surface area contributed by atoms with Crippen LogP contribution in [0.25, 0.3) is 0 Å². The molecule has 0 bridgehead atoms. The number of nitrogens with one attached hydrogen (secondary N) is 1. The largest absolute Gasteiger partial charge is 0.395 e. The highest BCUT2D eigenvalue weighted by Gasteiger charge is 2.24. The number of anilines is 1. The average Bonchev–Trinajstić information content (AvgIpc) is 2.73. The van der Waals surface area contributed by atoms with Crippen LogP contribution in [0, 0.1) is 5.92 Å². The number of amides is 2. The minimum absolute atomic E-state index is 0.0798. The van der Waals surface area contributed by atoms with Gasteiger partial charge in [0.15, 0.2) is 0 Å². The maximum atomic E-state index is 12.5. The van der Waals surface area contributed by atoms with Crippen LogP contribution >= 0.6 is 0 Å². The van der Waals surface area contributed by atoms with Crippen molar-refractivity contribution in [3.8, 4) is 0 Å². The molecular formula is C21H34N4O2. The number of aryl methyl sites for hydroxylation is 1. The molecular weight excluding hydrogens is 340 g/mol. The summed E-state index contributed by atoms with van der Waals surface area (Å²) in [7, 11) is 0. The van der Waals surface area contributed by atoms with Gasteiger partial charge in [0.05, 0.1) is 6.61 Å². The van der Waals surface area contributed by atoms with Crippen LogP contribution in [-0.4, -0.2) is 79.9 Å². The number of para-hydroxylation sites is 1. The Hall–Kier alpha value is -1.79. The third-order valence-corrected chi connectivity index (χ3v) is 5.95. The van der Waals surface area contributed by atoms with E-state index in [-0.39, 0.29) is 12.6 Å². The second-order valence-corrected chi connectivity index (χ2v) is 7.65. The summed E-state index contributed by atoms with van der Waals surface area (Å²) in [5, 5.41) is 12.2. The summed E-state index contributed by atoms with van der Waals surface area (Å²) >= 11 is 0. The number of carbonyl (C=O) groups excluding carboxylic acids is 1. The summed E-state index contributed by atoms with van der Waals surface area (Å²) in [4.78, 5) is 19.2. The van der Waals surface area contributed by atoms with Gasteiger partial charge in [-0.05, 0) is 49.9 Å². The van der Waals surface area contributed by atoms with E-state index in [0.717, 1.165) is 71.6 Å². The monoisotopic (exact) mass is 374 g/mol. The minimum Gasteiger partial charge on any atom is -0.395 e. The van der Waals surface area contributed by atoms with E-state index in [1.54, 1.807) is 0 Å². The molecule has 6 nitrogen and oxygen atoms in total. The molecule has 0 aromatic heterocycles. The highest BCUT2D eigenvalue weighted by atomic mass is 16.3. The number of nitrogens with zero attached hydrogens (tertiary/aromatic N) is 3. The summed E-state index contributed by atoms with van der Waals surface area (Å²) in [6.45, 7) is 9.35. The Kier molecular flexibility index (Phi) is 7.35. The van der Waals surface area contributed by atoms with E-state index in [4.69, 9.17) is 5.11 Å². The number of β-amino-alcohol motifs (C(OH)–C–C–N with tert-alkyl or cyclic N) is 1. The third-order valence-electron chi connectivity index (χ3n) is 5.95. The highest BCUT2D eigenvalue weighted by molar-refractivity contribution is 5.74. The van der Waals surface area contributed by atoms with Crippen molar-refractivity contribution < 1.29 is 9.90 Å². The summed E-state index contributed by atoms with van der Waals surface area (Å²) in [5.41, 5.74) is 2.69. The van der Waals surface area contributed by atoms with E-state index in [9.17, 15) is 4.79 Å². The van der Waals surface area contributed by atoms with Gasteiger partial charge in [0.2, 0.25) is 0 Å². The number of piperidine rings is 1. The molecule has 2 aliphatic heterocycles. The fourth-order valence-corrected chi connectivity index (χ4v) is 4.17. The van der Waals surface area contributed by atoms with Crippen LogP contribution in [0.2, 0.25) is 0 Å². The molecule has 0 aliphatic carbocycles. The first-order chi connectivity index (χ1) is 13.2. The molecule has 2 aliphatic rings. The maximum Gasteiger partial charge on any atom is 0.317 e. The number of piperazine rings is 1. The molecule has 0 unspecified atom stereocenters. The second-order valence-electron chi connectivity index (χ2n) is 7.65. The van der Waals surface area contributed by atoms with Crippen LogP contribution in [0.1, 0.15) is 25.3 Å². The first-order valence-electron chi connectivity index (χ1n) is 10.4. The van der Waals surface area contributed by atoms with Gasteiger partial charge in [-0.15, -0.1) is 0 Å². The van der Waals surface area contributed by atoms with E-state index in [1.807, 2.05) is 4.90 Å². The SMILES string of the molecule is CCc1ccccc1N1CCN(C(=O)NCC2CCN(CCO)CC2)CC1. The second kappa shape index (κ2) is 9.95. The number of urea groups is 1. The van der Waals surface area contributed by atoms with Gasteiger partial charge >= 0.3 is 6.03 Å². The van der Waals surface area contributed by atoms with Gasteiger partial charge in [-0.3, -0.25) is 0 Å². The molecule has 2 fully saturated rings. The molecule has 0 saturated carbocycles. The zero-order valence-corrected chi connectivity index (χ0v) is 16.6. The van der Waals surface area contributed by atoms with E-state index in [2.05, 4.69) is 46.3 Å². The molecule has 0 atom stereocenters. The summed E-state index contributed by atoms with van der Waals surface area (Å²) in [6.07, 6.45) is 3.23.